The topological polar surface area (TPSA) is 21.3 Å². The van der Waals surface area contributed by atoms with Crippen LogP contribution >= 0.6 is 0 Å². The van der Waals surface area contributed by atoms with Crippen LogP contribution in [0.1, 0.15) is 31.7 Å². The molecule has 0 saturated carbocycles. The second kappa shape index (κ2) is 8.22. The highest BCUT2D eigenvalue weighted by molar-refractivity contribution is 5.21. The van der Waals surface area contributed by atoms with Crippen molar-refractivity contribution in [3.63, 3.8) is 0 Å². The molecule has 0 spiro atoms. The molecule has 0 bridgehead atoms. The van der Waals surface area contributed by atoms with Crippen LogP contribution in [0.15, 0.2) is 24.3 Å². The molecule has 1 aromatic rings. The fraction of sp³-hybridized carbons (Fsp3) is 0.600. The summed E-state index contributed by atoms with van der Waals surface area (Å²) in [6.45, 7) is 6.80. The third-order valence-electron chi connectivity index (χ3n) is 2.95. The maximum absolute atomic E-state index is 13.3. The minimum atomic E-state index is -0.154. The molecule has 0 radical (unpaired) electrons. The lowest BCUT2D eigenvalue weighted by molar-refractivity contribution is 0.198. The summed E-state index contributed by atoms with van der Waals surface area (Å²) in [6.07, 6.45) is 1.06. The van der Waals surface area contributed by atoms with Gasteiger partial charge in [0.15, 0.2) is 0 Å². The van der Waals surface area contributed by atoms with Gasteiger partial charge >= 0.3 is 0 Å². The van der Waals surface area contributed by atoms with Gasteiger partial charge in [0.05, 0.1) is 6.61 Å². The lowest BCUT2D eigenvalue weighted by Crippen LogP contribution is -2.26. The zero-order chi connectivity index (χ0) is 13.4. The van der Waals surface area contributed by atoms with E-state index in [0.717, 1.165) is 25.1 Å². The summed E-state index contributed by atoms with van der Waals surface area (Å²) in [4.78, 5) is 0. The monoisotopic (exact) mass is 253 g/mol. The SMILES string of the molecule is COCCNCC(CC(C)C)c1cccc(F)c1. The summed E-state index contributed by atoms with van der Waals surface area (Å²) in [5, 5.41) is 3.36. The van der Waals surface area contributed by atoms with Crippen LogP contribution in [0.25, 0.3) is 0 Å². The fourth-order valence-electron chi connectivity index (χ4n) is 2.12. The first-order valence-electron chi connectivity index (χ1n) is 6.58. The highest BCUT2D eigenvalue weighted by Gasteiger charge is 2.13. The Morgan fingerprint density at radius 1 is 1.33 bits per heavy atom. The van der Waals surface area contributed by atoms with E-state index in [0.29, 0.717) is 18.4 Å². The van der Waals surface area contributed by atoms with Gasteiger partial charge in [-0.25, -0.2) is 4.39 Å². The Labute approximate surface area is 110 Å². The second-order valence-electron chi connectivity index (χ2n) is 5.08. The van der Waals surface area contributed by atoms with E-state index in [4.69, 9.17) is 4.74 Å². The number of ether oxygens (including phenoxy) is 1. The van der Waals surface area contributed by atoms with E-state index in [-0.39, 0.29) is 5.82 Å². The molecule has 0 heterocycles. The van der Waals surface area contributed by atoms with Gasteiger partial charge in [0, 0.05) is 20.2 Å². The molecule has 1 aromatic carbocycles. The van der Waals surface area contributed by atoms with Crippen molar-refractivity contribution in [2.75, 3.05) is 26.8 Å². The molecule has 0 aliphatic carbocycles. The zero-order valence-corrected chi connectivity index (χ0v) is 11.6. The van der Waals surface area contributed by atoms with Gasteiger partial charge in [-0.3, -0.25) is 0 Å². The van der Waals surface area contributed by atoms with E-state index in [1.165, 1.54) is 6.07 Å². The third-order valence-corrected chi connectivity index (χ3v) is 2.95. The average Bonchev–Trinajstić information content (AvgIpc) is 2.32. The molecule has 0 amide bonds. The van der Waals surface area contributed by atoms with Crippen molar-refractivity contribution in [1.82, 2.24) is 5.32 Å². The average molecular weight is 253 g/mol. The van der Waals surface area contributed by atoms with Crippen LogP contribution in [0.2, 0.25) is 0 Å². The van der Waals surface area contributed by atoms with E-state index in [9.17, 15) is 4.39 Å². The summed E-state index contributed by atoms with van der Waals surface area (Å²) in [5.74, 6) is 0.804. The van der Waals surface area contributed by atoms with Crippen molar-refractivity contribution >= 4 is 0 Å². The van der Waals surface area contributed by atoms with Gasteiger partial charge < -0.3 is 10.1 Å². The second-order valence-corrected chi connectivity index (χ2v) is 5.08. The predicted molar refractivity (Wildman–Crippen MR) is 73.3 cm³/mol. The number of rotatable bonds is 8. The molecule has 3 heteroatoms. The first-order valence-corrected chi connectivity index (χ1v) is 6.58. The molecule has 0 aliphatic rings. The van der Waals surface area contributed by atoms with Crippen LogP contribution in [0.5, 0.6) is 0 Å². The molecule has 1 N–H and O–H groups in total. The lowest BCUT2D eigenvalue weighted by atomic mass is 9.90. The van der Waals surface area contributed by atoms with Gasteiger partial charge in [0.1, 0.15) is 5.82 Å². The van der Waals surface area contributed by atoms with Crippen molar-refractivity contribution < 1.29 is 9.13 Å². The van der Waals surface area contributed by atoms with Gasteiger partial charge in [-0.15, -0.1) is 0 Å². The van der Waals surface area contributed by atoms with Gasteiger partial charge in [0.25, 0.3) is 0 Å². The zero-order valence-electron chi connectivity index (χ0n) is 11.6. The third kappa shape index (κ3) is 5.61. The summed E-state index contributed by atoms with van der Waals surface area (Å²) < 4.78 is 18.3. The Bertz CT molecular complexity index is 341. The Morgan fingerprint density at radius 3 is 2.72 bits per heavy atom. The Hall–Kier alpha value is -0.930. The van der Waals surface area contributed by atoms with E-state index in [1.54, 1.807) is 19.2 Å². The fourth-order valence-corrected chi connectivity index (χ4v) is 2.12. The molecular formula is C15H24FNO. The van der Waals surface area contributed by atoms with Crippen LogP contribution in [0.4, 0.5) is 4.39 Å². The van der Waals surface area contributed by atoms with E-state index >= 15 is 0 Å². The maximum Gasteiger partial charge on any atom is 0.123 e. The molecule has 1 rings (SSSR count). The van der Waals surface area contributed by atoms with E-state index in [2.05, 4.69) is 19.2 Å². The van der Waals surface area contributed by atoms with Crippen LogP contribution in [-0.2, 0) is 4.74 Å². The molecular weight excluding hydrogens is 229 g/mol. The molecule has 1 atom stereocenters. The first kappa shape index (κ1) is 15.1. The molecule has 0 saturated heterocycles. The van der Waals surface area contributed by atoms with Gasteiger partial charge in [0.2, 0.25) is 0 Å². The Balaban J connectivity index is 2.60. The summed E-state index contributed by atoms with van der Waals surface area (Å²) in [6, 6.07) is 6.93. The lowest BCUT2D eigenvalue weighted by Gasteiger charge is -2.20. The van der Waals surface area contributed by atoms with Gasteiger partial charge in [-0.2, -0.15) is 0 Å². The van der Waals surface area contributed by atoms with Crippen molar-refractivity contribution in [2.45, 2.75) is 26.2 Å². The Kier molecular flexibility index (Phi) is 6.91. The molecule has 0 aliphatic heterocycles. The summed E-state index contributed by atoms with van der Waals surface area (Å²) in [7, 11) is 1.69. The van der Waals surface area contributed by atoms with Crippen molar-refractivity contribution in [3.8, 4) is 0 Å². The molecule has 18 heavy (non-hydrogen) atoms. The minimum Gasteiger partial charge on any atom is -0.383 e. The molecule has 102 valence electrons. The smallest absolute Gasteiger partial charge is 0.123 e. The highest BCUT2D eigenvalue weighted by atomic mass is 19.1. The largest absolute Gasteiger partial charge is 0.383 e. The number of hydrogen-bond acceptors (Lipinski definition) is 2. The number of benzene rings is 1. The molecule has 0 aromatic heterocycles. The number of halogens is 1. The van der Waals surface area contributed by atoms with Crippen LogP contribution in [0.3, 0.4) is 0 Å². The Morgan fingerprint density at radius 2 is 2.11 bits per heavy atom. The van der Waals surface area contributed by atoms with E-state index in [1.807, 2.05) is 6.07 Å². The normalized spacial score (nSPS) is 12.9. The number of methoxy groups -OCH3 is 1. The van der Waals surface area contributed by atoms with Crippen molar-refractivity contribution in [3.05, 3.63) is 35.6 Å². The highest BCUT2D eigenvalue weighted by Crippen LogP contribution is 2.23. The molecule has 2 nitrogen and oxygen atoms in total. The van der Waals surface area contributed by atoms with Crippen molar-refractivity contribution in [2.24, 2.45) is 5.92 Å². The first-order chi connectivity index (χ1) is 8.63. The van der Waals surface area contributed by atoms with E-state index < -0.39 is 0 Å². The van der Waals surface area contributed by atoms with Crippen LogP contribution in [0, 0.1) is 11.7 Å². The molecule has 1 unspecified atom stereocenters. The quantitative estimate of drug-likeness (QED) is 0.718. The maximum atomic E-state index is 13.3. The standard InChI is InChI=1S/C15H24FNO/c1-12(2)9-14(11-17-7-8-18-3)13-5-4-6-15(16)10-13/h4-6,10,12,14,17H,7-9,11H2,1-3H3. The number of nitrogens with one attached hydrogen (secondary N) is 1. The molecule has 0 fully saturated rings. The van der Waals surface area contributed by atoms with Gasteiger partial charge in [-0.1, -0.05) is 26.0 Å². The van der Waals surface area contributed by atoms with Crippen molar-refractivity contribution in [1.29, 1.82) is 0 Å². The summed E-state index contributed by atoms with van der Waals surface area (Å²) in [5.41, 5.74) is 1.08. The van der Waals surface area contributed by atoms with Crippen LogP contribution in [-0.4, -0.2) is 26.8 Å². The predicted octanol–water partition coefficient (Wildman–Crippen LogP) is 3.19. The summed E-state index contributed by atoms with van der Waals surface area (Å²) >= 11 is 0. The minimum absolute atomic E-state index is 0.154. The van der Waals surface area contributed by atoms with Gasteiger partial charge in [-0.05, 0) is 36.0 Å². The van der Waals surface area contributed by atoms with Crippen LogP contribution < -0.4 is 5.32 Å². The number of hydrogen-bond donors (Lipinski definition) is 1.